The maximum Gasteiger partial charge on any atom is 0.148 e. The maximum absolute atomic E-state index is 10.5. The molecule has 1 aromatic rings. The number of halogens is 1. The number of benzene rings is 1. The lowest BCUT2D eigenvalue weighted by Crippen LogP contribution is -2.07. The molecule has 2 rings (SSSR count). The first-order valence-electron chi connectivity index (χ1n) is 4.66. The van der Waals surface area contributed by atoms with Gasteiger partial charge in [0.2, 0.25) is 0 Å². The third-order valence-corrected chi connectivity index (χ3v) is 2.66. The van der Waals surface area contributed by atoms with E-state index in [0.717, 1.165) is 24.7 Å². The van der Waals surface area contributed by atoms with Crippen LogP contribution in [-0.4, -0.2) is 12.4 Å². The Morgan fingerprint density at radius 2 is 2.29 bits per heavy atom. The van der Waals surface area contributed by atoms with Crippen LogP contribution in [0.15, 0.2) is 24.3 Å². The van der Waals surface area contributed by atoms with Crippen molar-refractivity contribution < 1.29 is 9.53 Å². The zero-order chi connectivity index (χ0) is 9.97. The summed E-state index contributed by atoms with van der Waals surface area (Å²) in [6.45, 7) is 0. The molecule has 1 aromatic carbocycles. The highest BCUT2D eigenvalue weighted by Gasteiger charge is 2.25. The number of hydrogen-bond acceptors (Lipinski definition) is 2. The highest BCUT2D eigenvalue weighted by Crippen LogP contribution is 2.32. The minimum Gasteiger partial charge on any atom is -0.363 e. The summed E-state index contributed by atoms with van der Waals surface area (Å²) in [6.07, 6.45) is 2.36. The number of ether oxygens (including phenoxy) is 1. The Morgan fingerprint density at radius 1 is 1.43 bits per heavy atom. The average Bonchev–Trinajstić information content (AvgIpc) is 2.66. The molecule has 14 heavy (non-hydrogen) atoms. The Hall–Kier alpha value is -0.860. The van der Waals surface area contributed by atoms with Gasteiger partial charge in [-0.25, -0.2) is 0 Å². The quantitative estimate of drug-likeness (QED) is 0.702. The van der Waals surface area contributed by atoms with E-state index in [4.69, 9.17) is 16.3 Å². The fourth-order valence-corrected chi connectivity index (χ4v) is 1.91. The number of hydrogen-bond donors (Lipinski definition) is 0. The first-order valence-corrected chi connectivity index (χ1v) is 5.03. The zero-order valence-electron chi connectivity index (χ0n) is 7.65. The fraction of sp³-hybridized carbons (Fsp3) is 0.364. The van der Waals surface area contributed by atoms with Crippen molar-refractivity contribution in [2.45, 2.75) is 25.0 Å². The summed E-state index contributed by atoms with van der Waals surface area (Å²) in [5.41, 5.74) is 1.06. The molecule has 0 saturated carbocycles. The summed E-state index contributed by atoms with van der Waals surface area (Å²) in [4.78, 5) is 10.5. The minimum atomic E-state index is -0.237. The summed E-state index contributed by atoms with van der Waals surface area (Å²) < 4.78 is 5.52. The van der Waals surface area contributed by atoms with E-state index in [1.165, 1.54) is 0 Å². The molecule has 3 heteroatoms. The molecule has 1 fully saturated rings. The molecule has 1 aliphatic rings. The fourth-order valence-electron chi connectivity index (χ4n) is 1.71. The third-order valence-electron chi connectivity index (χ3n) is 2.42. The molecule has 0 aliphatic carbocycles. The van der Waals surface area contributed by atoms with E-state index < -0.39 is 0 Å². The van der Waals surface area contributed by atoms with Crippen LogP contribution in [0.25, 0.3) is 0 Å². The summed E-state index contributed by atoms with van der Waals surface area (Å²) >= 11 is 5.87. The number of carbonyl (C=O) groups is 1. The summed E-state index contributed by atoms with van der Waals surface area (Å²) in [6, 6.07) is 7.59. The second-order valence-corrected chi connectivity index (χ2v) is 3.87. The van der Waals surface area contributed by atoms with Crippen molar-refractivity contribution in [3.8, 4) is 0 Å². The smallest absolute Gasteiger partial charge is 0.148 e. The van der Waals surface area contributed by atoms with E-state index in [2.05, 4.69) is 0 Å². The summed E-state index contributed by atoms with van der Waals surface area (Å²) in [5, 5.41) is 0.709. The molecule has 0 amide bonds. The van der Waals surface area contributed by atoms with E-state index in [9.17, 15) is 4.79 Å². The molecule has 2 unspecified atom stereocenters. The minimum absolute atomic E-state index is 0.0314. The first kappa shape index (κ1) is 9.69. The highest BCUT2D eigenvalue weighted by molar-refractivity contribution is 6.30. The molecule has 1 aliphatic heterocycles. The highest BCUT2D eigenvalue weighted by atomic mass is 35.5. The van der Waals surface area contributed by atoms with Gasteiger partial charge in [0.05, 0.1) is 6.10 Å². The van der Waals surface area contributed by atoms with Crippen molar-refractivity contribution >= 4 is 17.9 Å². The van der Waals surface area contributed by atoms with Crippen molar-refractivity contribution in [2.75, 3.05) is 0 Å². The van der Waals surface area contributed by atoms with Crippen LogP contribution in [0.4, 0.5) is 0 Å². The Balaban J connectivity index is 2.13. The molecular formula is C11H11ClO2. The Bertz CT molecular complexity index is 338. The third kappa shape index (κ3) is 1.97. The largest absolute Gasteiger partial charge is 0.363 e. The molecule has 0 spiro atoms. The molecule has 1 saturated heterocycles. The van der Waals surface area contributed by atoms with Gasteiger partial charge in [0.25, 0.3) is 0 Å². The van der Waals surface area contributed by atoms with Crippen LogP contribution >= 0.6 is 11.6 Å². The Kier molecular flexibility index (Phi) is 2.85. The molecule has 0 radical (unpaired) electrons. The van der Waals surface area contributed by atoms with E-state index in [-0.39, 0.29) is 12.2 Å². The SMILES string of the molecule is O=CC1CCC(c2cccc(Cl)c2)O1. The van der Waals surface area contributed by atoms with Crippen LogP contribution in [0.2, 0.25) is 5.02 Å². The van der Waals surface area contributed by atoms with Gasteiger partial charge in [-0.3, -0.25) is 0 Å². The number of rotatable bonds is 2. The van der Waals surface area contributed by atoms with Crippen LogP contribution in [0.3, 0.4) is 0 Å². The van der Waals surface area contributed by atoms with Gasteiger partial charge in [-0.2, -0.15) is 0 Å². The average molecular weight is 211 g/mol. The Morgan fingerprint density at radius 3 is 2.93 bits per heavy atom. The molecule has 0 aromatic heterocycles. The predicted octanol–water partition coefficient (Wildman–Crippen LogP) is 2.76. The van der Waals surface area contributed by atoms with Gasteiger partial charge in [0.1, 0.15) is 12.4 Å². The van der Waals surface area contributed by atoms with Crippen LogP contribution in [0.5, 0.6) is 0 Å². The van der Waals surface area contributed by atoms with Crippen LogP contribution in [-0.2, 0) is 9.53 Å². The van der Waals surface area contributed by atoms with Crippen molar-refractivity contribution in [3.63, 3.8) is 0 Å². The number of aldehydes is 1. The van der Waals surface area contributed by atoms with Crippen LogP contribution in [0.1, 0.15) is 24.5 Å². The normalized spacial score (nSPS) is 26.4. The van der Waals surface area contributed by atoms with Gasteiger partial charge in [-0.05, 0) is 30.5 Å². The lowest BCUT2D eigenvalue weighted by molar-refractivity contribution is -0.117. The summed E-state index contributed by atoms with van der Waals surface area (Å²) in [7, 11) is 0. The lowest BCUT2D eigenvalue weighted by atomic mass is 10.1. The van der Waals surface area contributed by atoms with Gasteiger partial charge in [-0.1, -0.05) is 23.7 Å². The Labute approximate surface area is 87.8 Å². The van der Waals surface area contributed by atoms with E-state index in [1.807, 2.05) is 24.3 Å². The molecular weight excluding hydrogens is 200 g/mol. The van der Waals surface area contributed by atoms with Gasteiger partial charge in [0.15, 0.2) is 0 Å². The molecule has 74 valence electrons. The van der Waals surface area contributed by atoms with Crippen molar-refractivity contribution in [3.05, 3.63) is 34.9 Å². The second kappa shape index (κ2) is 4.11. The van der Waals surface area contributed by atoms with E-state index >= 15 is 0 Å². The first-order chi connectivity index (χ1) is 6.79. The van der Waals surface area contributed by atoms with Crippen molar-refractivity contribution in [1.29, 1.82) is 0 Å². The van der Waals surface area contributed by atoms with Crippen molar-refractivity contribution in [2.24, 2.45) is 0 Å². The lowest BCUT2D eigenvalue weighted by Gasteiger charge is -2.10. The van der Waals surface area contributed by atoms with Crippen LogP contribution < -0.4 is 0 Å². The monoisotopic (exact) mass is 210 g/mol. The van der Waals surface area contributed by atoms with Gasteiger partial charge in [0, 0.05) is 5.02 Å². The van der Waals surface area contributed by atoms with E-state index in [0.29, 0.717) is 5.02 Å². The predicted molar refractivity (Wildman–Crippen MR) is 54.4 cm³/mol. The van der Waals surface area contributed by atoms with E-state index in [1.54, 1.807) is 0 Å². The number of carbonyl (C=O) groups excluding carboxylic acids is 1. The zero-order valence-corrected chi connectivity index (χ0v) is 8.41. The van der Waals surface area contributed by atoms with Crippen LogP contribution in [0, 0.1) is 0 Å². The summed E-state index contributed by atoms with van der Waals surface area (Å²) in [5.74, 6) is 0. The maximum atomic E-state index is 10.5. The molecule has 2 atom stereocenters. The van der Waals surface area contributed by atoms with Gasteiger partial charge >= 0.3 is 0 Å². The van der Waals surface area contributed by atoms with Gasteiger partial charge < -0.3 is 9.53 Å². The van der Waals surface area contributed by atoms with Crippen molar-refractivity contribution in [1.82, 2.24) is 0 Å². The molecule has 2 nitrogen and oxygen atoms in total. The molecule has 1 heterocycles. The molecule has 0 bridgehead atoms. The standard InChI is InChI=1S/C11H11ClO2/c12-9-3-1-2-8(6-9)11-5-4-10(7-13)14-11/h1-3,6-7,10-11H,4-5H2. The van der Waals surface area contributed by atoms with Gasteiger partial charge in [-0.15, -0.1) is 0 Å². The second-order valence-electron chi connectivity index (χ2n) is 3.43. The molecule has 0 N–H and O–H groups in total. The topological polar surface area (TPSA) is 26.3 Å².